The summed E-state index contributed by atoms with van der Waals surface area (Å²) in [5.41, 5.74) is 1.58. The van der Waals surface area contributed by atoms with Gasteiger partial charge in [-0.25, -0.2) is 4.39 Å². The van der Waals surface area contributed by atoms with Gasteiger partial charge in [-0.3, -0.25) is 39.1 Å². The van der Waals surface area contributed by atoms with E-state index in [0.29, 0.717) is 29.9 Å². The predicted octanol–water partition coefficient (Wildman–Crippen LogP) is 4.43. The lowest BCUT2D eigenvalue weighted by molar-refractivity contribution is -0.136. The summed E-state index contributed by atoms with van der Waals surface area (Å²) in [5, 5.41) is 23.5. The minimum Gasteiger partial charge on any atom is -0.490 e. The highest BCUT2D eigenvalue weighted by atomic mass is 35.5. The lowest BCUT2D eigenvalue weighted by Gasteiger charge is -2.56. The van der Waals surface area contributed by atoms with Gasteiger partial charge in [0.25, 0.3) is 17.7 Å². The molecule has 0 radical (unpaired) electrons. The number of benzene rings is 2. The van der Waals surface area contributed by atoms with Crippen molar-refractivity contribution in [2.45, 2.75) is 94.9 Å². The molecule has 2 saturated carbocycles. The molecule has 1 atom stereocenters. The second kappa shape index (κ2) is 16.7. The maximum absolute atomic E-state index is 15.5. The van der Waals surface area contributed by atoms with Crippen LogP contribution in [0.25, 0.3) is 0 Å². The number of piperazine rings is 1. The van der Waals surface area contributed by atoms with Crippen LogP contribution in [0.1, 0.15) is 101 Å². The molecule has 9 rings (SSSR count). The molecule has 5 heterocycles. The van der Waals surface area contributed by atoms with E-state index in [1.54, 1.807) is 12.1 Å². The molecule has 3 aromatic rings. The van der Waals surface area contributed by atoms with Crippen molar-refractivity contribution in [3.05, 3.63) is 75.7 Å². The van der Waals surface area contributed by atoms with E-state index in [-0.39, 0.29) is 65.2 Å². The number of carbonyl (C=O) groups is 5. The molecule has 1 unspecified atom stereocenters. The van der Waals surface area contributed by atoms with Crippen LogP contribution in [0.3, 0.4) is 0 Å². The fourth-order valence-electron chi connectivity index (χ4n) is 10.1. The molecule has 2 N–H and O–H groups in total. The average Bonchev–Trinajstić information content (AvgIpc) is 3.48. The van der Waals surface area contributed by atoms with Crippen LogP contribution in [0.5, 0.6) is 5.75 Å². The summed E-state index contributed by atoms with van der Waals surface area (Å²) in [7, 11) is 0. The molecule has 61 heavy (non-hydrogen) atoms. The molecule has 15 nitrogen and oxygen atoms in total. The van der Waals surface area contributed by atoms with E-state index in [0.717, 1.165) is 99.9 Å². The van der Waals surface area contributed by atoms with Gasteiger partial charge in [-0.1, -0.05) is 17.7 Å². The highest BCUT2D eigenvalue weighted by Gasteiger charge is 2.49. The first-order chi connectivity index (χ1) is 29.5. The van der Waals surface area contributed by atoms with Crippen LogP contribution in [0.15, 0.2) is 42.5 Å². The van der Waals surface area contributed by atoms with Crippen molar-refractivity contribution >= 4 is 52.6 Å². The van der Waals surface area contributed by atoms with E-state index in [9.17, 15) is 24.0 Å². The van der Waals surface area contributed by atoms with Gasteiger partial charge < -0.3 is 19.9 Å². The van der Waals surface area contributed by atoms with E-state index in [1.165, 1.54) is 6.07 Å². The molecular weight excluding hydrogens is 805 g/mol. The molecule has 4 aliphatic heterocycles. The minimum atomic E-state index is -1.10. The van der Waals surface area contributed by atoms with Crippen molar-refractivity contribution in [3.8, 4) is 11.8 Å². The molecule has 17 heteroatoms. The average molecular weight is 852 g/mol. The molecule has 2 aromatic carbocycles. The fraction of sp³-hybridized carbons (Fsp3) is 0.500. The standard InChI is InChI=1S/C44H47ClFN9O6/c45-33-21-30(4-1-26(33)11-14-47)61-29-5-2-27(3-6-29)48-40(57)35-7-9-38(51-50-35)54-19-17-52(18-20-54)28-24-44(25-28)12-15-53(16-13-44)37-23-32-31(22-34(37)46)42(59)55(43(32)60)36-8-10-39(56)49-41(36)58/h1,4,7,9,21-23,27-29,36H,2-3,5-6,8,10-13,15-20,24-25H2,(H,48,57)(H,49,56,58)/t27-,29-,36?. The smallest absolute Gasteiger partial charge is 0.272 e. The third-order valence-electron chi connectivity index (χ3n) is 13.7. The first-order valence-electron chi connectivity index (χ1n) is 21.2. The largest absolute Gasteiger partial charge is 0.490 e. The van der Waals surface area contributed by atoms with Crippen LogP contribution in [0, 0.1) is 22.6 Å². The first-order valence-corrected chi connectivity index (χ1v) is 21.6. The van der Waals surface area contributed by atoms with Gasteiger partial charge in [0, 0.05) is 62.8 Å². The molecular formula is C44H47ClFN9O6. The normalized spacial score (nSPS) is 24.3. The number of piperidine rings is 2. The Morgan fingerprint density at radius 3 is 2.28 bits per heavy atom. The number of rotatable bonds is 9. The summed E-state index contributed by atoms with van der Waals surface area (Å²) in [6, 6.07) is 13.1. The minimum absolute atomic E-state index is 0.0190. The Hall–Kier alpha value is -5.66. The Morgan fingerprint density at radius 1 is 0.902 bits per heavy atom. The zero-order valence-corrected chi connectivity index (χ0v) is 34.5. The number of imide groups is 2. The number of anilines is 2. The molecule has 3 saturated heterocycles. The Labute approximate surface area is 357 Å². The summed E-state index contributed by atoms with van der Waals surface area (Å²) < 4.78 is 21.7. The lowest BCUT2D eigenvalue weighted by atomic mass is 9.60. The number of nitrogens with zero attached hydrogens (tertiary/aromatic N) is 7. The van der Waals surface area contributed by atoms with Crippen LogP contribution in [-0.4, -0.2) is 113 Å². The zero-order valence-electron chi connectivity index (χ0n) is 33.7. The SMILES string of the molecule is N#CCc1ccc(O[C@H]2CC[C@H](NC(=O)c3ccc(N4CCN(C5CC6(CCN(c7cc8c(cc7F)C(=O)N(C7CCC(=O)NC7=O)C8=O)CC6)C5)CC4)nn3)CC2)cc1Cl. The number of carbonyl (C=O) groups excluding carboxylic acids is 5. The van der Waals surface area contributed by atoms with Gasteiger partial charge in [0.05, 0.1) is 35.4 Å². The number of ether oxygens (including phenoxy) is 1. The highest BCUT2D eigenvalue weighted by Crippen LogP contribution is 2.52. The fourth-order valence-corrected chi connectivity index (χ4v) is 10.3. The van der Waals surface area contributed by atoms with Crippen molar-refractivity contribution in [3.63, 3.8) is 0 Å². The van der Waals surface area contributed by atoms with Crippen molar-refractivity contribution < 1.29 is 33.1 Å². The topological polar surface area (TPSA) is 181 Å². The van der Waals surface area contributed by atoms with E-state index in [1.807, 2.05) is 23.1 Å². The van der Waals surface area contributed by atoms with Crippen LogP contribution < -0.4 is 25.2 Å². The number of hydrogen-bond donors (Lipinski definition) is 2. The second-order valence-corrected chi connectivity index (χ2v) is 17.7. The molecule has 318 valence electrons. The summed E-state index contributed by atoms with van der Waals surface area (Å²) in [4.78, 5) is 71.2. The Balaban J connectivity index is 0.705. The van der Waals surface area contributed by atoms with Crippen LogP contribution in [-0.2, 0) is 16.0 Å². The van der Waals surface area contributed by atoms with Crippen LogP contribution in [0.4, 0.5) is 15.9 Å². The van der Waals surface area contributed by atoms with Crippen molar-refractivity contribution in [2.75, 3.05) is 49.1 Å². The third kappa shape index (κ3) is 8.13. The van der Waals surface area contributed by atoms with Crippen molar-refractivity contribution in [2.24, 2.45) is 5.41 Å². The third-order valence-corrected chi connectivity index (χ3v) is 14.0. The Bertz CT molecular complexity index is 2290. The van der Waals surface area contributed by atoms with Gasteiger partial charge in [0.15, 0.2) is 11.5 Å². The van der Waals surface area contributed by atoms with E-state index in [4.69, 9.17) is 21.6 Å². The summed E-state index contributed by atoms with van der Waals surface area (Å²) in [6.45, 7) is 4.67. The van der Waals surface area contributed by atoms with Crippen molar-refractivity contribution in [1.29, 1.82) is 5.26 Å². The molecule has 6 aliphatic rings. The molecule has 1 spiro atoms. The maximum atomic E-state index is 15.5. The number of amides is 5. The quantitative estimate of drug-likeness (QED) is 0.290. The van der Waals surface area contributed by atoms with Crippen LogP contribution in [0.2, 0.25) is 5.02 Å². The number of aromatic nitrogens is 2. The van der Waals surface area contributed by atoms with Gasteiger partial charge >= 0.3 is 0 Å². The predicted molar refractivity (Wildman–Crippen MR) is 221 cm³/mol. The Morgan fingerprint density at radius 2 is 1.62 bits per heavy atom. The molecule has 0 bridgehead atoms. The number of nitrogens with one attached hydrogen (secondary N) is 2. The van der Waals surface area contributed by atoms with Gasteiger partial charge in [-0.2, -0.15) is 5.26 Å². The van der Waals surface area contributed by atoms with Gasteiger partial charge in [0.1, 0.15) is 17.6 Å². The second-order valence-electron chi connectivity index (χ2n) is 17.3. The lowest BCUT2D eigenvalue weighted by Crippen LogP contribution is -2.59. The molecule has 2 aliphatic carbocycles. The van der Waals surface area contributed by atoms with E-state index >= 15 is 4.39 Å². The summed E-state index contributed by atoms with van der Waals surface area (Å²) in [6.07, 6.45) is 7.45. The highest BCUT2D eigenvalue weighted by molar-refractivity contribution is 6.31. The van der Waals surface area contributed by atoms with Crippen LogP contribution >= 0.6 is 11.6 Å². The molecule has 5 amide bonds. The Kier molecular flexibility index (Phi) is 11.1. The number of fused-ring (bicyclic) bond motifs is 1. The van der Waals surface area contributed by atoms with Gasteiger partial charge in [0.2, 0.25) is 11.8 Å². The zero-order chi connectivity index (χ0) is 42.4. The maximum Gasteiger partial charge on any atom is 0.272 e. The summed E-state index contributed by atoms with van der Waals surface area (Å²) in [5.74, 6) is -1.88. The monoisotopic (exact) mass is 851 g/mol. The molecule has 5 fully saturated rings. The van der Waals surface area contributed by atoms with Crippen molar-refractivity contribution in [1.82, 2.24) is 30.6 Å². The first kappa shape index (κ1) is 40.7. The van der Waals surface area contributed by atoms with E-state index < -0.39 is 35.5 Å². The number of nitriles is 1. The number of hydrogen-bond acceptors (Lipinski definition) is 12. The summed E-state index contributed by atoms with van der Waals surface area (Å²) >= 11 is 6.30. The van der Waals surface area contributed by atoms with E-state index in [2.05, 4.69) is 36.7 Å². The van der Waals surface area contributed by atoms with Gasteiger partial charge in [-0.05, 0) is 105 Å². The van der Waals surface area contributed by atoms with Gasteiger partial charge in [-0.15, -0.1) is 10.2 Å². The molecule has 1 aromatic heterocycles. The number of halogens is 2.